The average Bonchev–Trinajstić information content (AvgIpc) is 3.10. The number of H-pyrrole nitrogens is 1. The first kappa shape index (κ1) is 13.0. The van der Waals surface area contributed by atoms with E-state index >= 15 is 0 Å². The van der Waals surface area contributed by atoms with E-state index in [9.17, 15) is 15.0 Å². The predicted molar refractivity (Wildman–Crippen MR) is 67.9 cm³/mol. The monoisotopic (exact) mass is 250 g/mol. The van der Waals surface area contributed by atoms with E-state index in [-0.39, 0.29) is 22.8 Å². The molecule has 1 heterocycles. The fourth-order valence-corrected chi connectivity index (χ4v) is 1.98. The van der Waals surface area contributed by atoms with Crippen molar-refractivity contribution < 1.29 is 10.2 Å². The lowest BCUT2D eigenvalue weighted by Crippen LogP contribution is -2.26. The molecule has 1 aromatic heterocycles. The van der Waals surface area contributed by atoms with E-state index in [0.717, 1.165) is 18.5 Å². The molecular weight excluding hydrogens is 232 g/mol. The van der Waals surface area contributed by atoms with Crippen LogP contribution in [0.4, 0.5) is 0 Å². The summed E-state index contributed by atoms with van der Waals surface area (Å²) in [5.41, 5.74) is 0.690. The molecule has 5 nitrogen and oxygen atoms in total. The summed E-state index contributed by atoms with van der Waals surface area (Å²) in [6.45, 7) is 3.59. The zero-order valence-corrected chi connectivity index (χ0v) is 10.5. The Kier molecular flexibility index (Phi) is 3.36. The standard InChI is InChI=1S/C13H18N2O3/c1-6(2)11(14)10-8(13(17)18)5-9(7-3-4-7)15-12(10)16/h5-7,13-14,17-18H,3-4H2,1-2H3,(H,15,16). The number of aromatic nitrogens is 1. The maximum absolute atomic E-state index is 12.0. The predicted octanol–water partition coefficient (Wildman–Crippen LogP) is 1.26. The third-order valence-corrected chi connectivity index (χ3v) is 3.23. The molecule has 0 unspecified atom stereocenters. The van der Waals surface area contributed by atoms with Crippen molar-refractivity contribution in [3.63, 3.8) is 0 Å². The van der Waals surface area contributed by atoms with Crippen LogP contribution in [-0.2, 0) is 0 Å². The van der Waals surface area contributed by atoms with E-state index < -0.39 is 11.8 Å². The number of hydrogen-bond acceptors (Lipinski definition) is 4. The minimum atomic E-state index is -1.72. The lowest BCUT2D eigenvalue weighted by atomic mass is 9.96. The van der Waals surface area contributed by atoms with E-state index in [1.807, 2.05) is 0 Å². The molecule has 0 spiro atoms. The molecule has 18 heavy (non-hydrogen) atoms. The summed E-state index contributed by atoms with van der Waals surface area (Å²) in [5, 5.41) is 26.7. The summed E-state index contributed by atoms with van der Waals surface area (Å²) in [4.78, 5) is 14.8. The lowest BCUT2D eigenvalue weighted by molar-refractivity contribution is -0.0428. The molecule has 0 atom stereocenters. The minimum absolute atomic E-state index is 0.0874. The van der Waals surface area contributed by atoms with Crippen LogP contribution in [-0.4, -0.2) is 20.9 Å². The summed E-state index contributed by atoms with van der Waals surface area (Å²) >= 11 is 0. The molecule has 1 aliphatic carbocycles. The van der Waals surface area contributed by atoms with E-state index in [1.54, 1.807) is 19.9 Å². The lowest BCUT2D eigenvalue weighted by Gasteiger charge is -2.15. The maximum Gasteiger partial charge on any atom is 0.257 e. The van der Waals surface area contributed by atoms with Crippen LogP contribution < -0.4 is 5.56 Å². The molecule has 0 amide bonds. The summed E-state index contributed by atoms with van der Waals surface area (Å²) in [7, 11) is 0. The molecule has 0 radical (unpaired) electrons. The fourth-order valence-electron chi connectivity index (χ4n) is 1.98. The molecule has 98 valence electrons. The van der Waals surface area contributed by atoms with E-state index in [1.165, 1.54) is 0 Å². The molecule has 4 N–H and O–H groups in total. The maximum atomic E-state index is 12.0. The molecule has 1 saturated carbocycles. The van der Waals surface area contributed by atoms with Crippen molar-refractivity contribution in [1.82, 2.24) is 4.98 Å². The second-order valence-electron chi connectivity index (χ2n) is 5.10. The van der Waals surface area contributed by atoms with Gasteiger partial charge in [0.2, 0.25) is 0 Å². The third-order valence-electron chi connectivity index (χ3n) is 3.23. The highest BCUT2D eigenvalue weighted by atomic mass is 16.5. The summed E-state index contributed by atoms with van der Waals surface area (Å²) in [6, 6.07) is 1.61. The first-order chi connectivity index (χ1) is 8.41. The summed E-state index contributed by atoms with van der Waals surface area (Å²) in [5.74, 6) is 0.174. The Balaban J connectivity index is 2.57. The van der Waals surface area contributed by atoms with E-state index in [2.05, 4.69) is 4.98 Å². The highest BCUT2D eigenvalue weighted by Crippen LogP contribution is 2.39. The molecule has 0 bridgehead atoms. The molecule has 0 aliphatic heterocycles. The van der Waals surface area contributed by atoms with Gasteiger partial charge in [-0.25, -0.2) is 0 Å². The van der Waals surface area contributed by atoms with Gasteiger partial charge in [0, 0.05) is 17.0 Å². The van der Waals surface area contributed by atoms with Crippen molar-refractivity contribution in [3.05, 3.63) is 33.2 Å². The van der Waals surface area contributed by atoms with Gasteiger partial charge in [0.15, 0.2) is 6.29 Å². The van der Waals surface area contributed by atoms with Crippen molar-refractivity contribution in [2.75, 3.05) is 0 Å². The van der Waals surface area contributed by atoms with Gasteiger partial charge in [0.25, 0.3) is 5.56 Å². The number of aliphatic hydroxyl groups excluding tert-OH is 1. The van der Waals surface area contributed by atoms with Crippen LogP contribution in [0.25, 0.3) is 0 Å². The number of rotatable bonds is 4. The highest BCUT2D eigenvalue weighted by molar-refractivity contribution is 6.00. The van der Waals surface area contributed by atoms with Crippen LogP contribution in [0.1, 0.15) is 55.7 Å². The molecule has 1 aromatic rings. The first-order valence-corrected chi connectivity index (χ1v) is 6.14. The van der Waals surface area contributed by atoms with Crippen molar-refractivity contribution in [2.24, 2.45) is 5.92 Å². The summed E-state index contributed by atoms with van der Waals surface area (Å²) < 4.78 is 0. The second kappa shape index (κ2) is 4.66. The smallest absolute Gasteiger partial charge is 0.257 e. The number of aromatic amines is 1. The molecule has 0 aromatic carbocycles. The Hall–Kier alpha value is -1.46. The average molecular weight is 250 g/mol. The van der Waals surface area contributed by atoms with Gasteiger partial charge in [-0.05, 0) is 30.7 Å². The Labute approximate surface area is 105 Å². The van der Waals surface area contributed by atoms with Crippen LogP contribution in [0.5, 0.6) is 0 Å². The Morgan fingerprint density at radius 3 is 2.50 bits per heavy atom. The molecule has 0 saturated heterocycles. The fraction of sp³-hybridized carbons (Fsp3) is 0.538. The largest absolute Gasteiger partial charge is 0.364 e. The zero-order valence-electron chi connectivity index (χ0n) is 10.5. The van der Waals surface area contributed by atoms with Gasteiger partial charge in [-0.2, -0.15) is 0 Å². The Morgan fingerprint density at radius 1 is 1.44 bits per heavy atom. The molecular formula is C13H18N2O3. The second-order valence-corrected chi connectivity index (χ2v) is 5.10. The van der Waals surface area contributed by atoms with Gasteiger partial charge in [-0.3, -0.25) is 4.79 Å². The first-order valence-electron chi connectivity index (χ1n) is 6.14. The third kappa shape index (κ3) is 2.37. The molecule has 1 fully saturated rings. The topological polar surface area (TPSA) is 97.2 Å². The number of nitrogens with one attached hydrogen (secondary N) is 2. The van der Waals surface area contributed by atoms with Crippen LogP contribution in [0.3, 0.4) is 0 Å². The van der Waals surface area contributed by atoms with Gasteiger partial charge in [0.1, 0.15) is 0 Å². The Morgan fingerprint density at radius 2 is 2.06 bits per heavy atom. The van der Waals surface area contributed by atoms with E-state index in [4.69, 9.17) is 5.41 Å². The van der Waals surface area contributed by atoms with Crippen molar-refractivity contribution in [2.45, 2.75) is 38.9 Å². The van der Waals surface area contributed by atoms with Crippen LogP contribution in [0.15, 0.2) is 10.9 Å². The highest BCUT2D eigenvalue weighted by Gasteiger charge is 2.28. The van der Waals surface area contributed by atoms with E-state index in [0.29, 0.717) is 5.92 Å². The van der Waals surface area contributed by atoms with Gasteiger partial charge in [-0.1, -0.05) is 13.8 Å². The van der Waals surface area contributed by atoms with Gasteiger partial charge in [0.05, 0.1) is 5.56 Å². The van der Waals surface area contributed by atoms with Gasteiger partial charge < -0.3 is 20.6 Å². The molecule has 5 heteroatoms. The molecule has 1 aliphatic rings. The van der Waals surface area contributed by atoms with Crippen LogP contribution >= 0.6 is 0 Å². The number of hydrogen-bond donors (Lipinski definition) is 4. The van der Waals surface area contributed by atoms with Gasteiger partial charge in [-0.15, -0.1) is 0 Å². The van der Waals surface area contributed by atoms with Crippen LogP contribution in [0.2, 0.25) is 0 Å². The minimum Gasteiger partial charge on any atom is -0.364 e. The Bertz CT molecular complexity index is 528. The number of pyridine rings is 1. The SMILES string of the molecule is CC(C)C(=N)c1c(C(O)O)cc(C2CC2)[nH]c1=O. The van der Waals surface area contributed by atoms with Crippen molar-refractivity contribution in [3.8, 4) is 0 Å². The quantitative estimate of drug-likeness (QED) is 0.478. The molecule has 2 rings (SSSR count). The number of aliphatic hydroxyl groups is 2. The van der Waals surface area contributed by atoms with Crippen LogP contribution in [0, 0.1) is 11.3 Å². The van der Waals surface area contributed by atoms with Crippen molar-refractivity contribution >= 4 is 5.71 Å². The normalized spacial score (nSPS) is 15.4. The zero-order chi connectivity index (χ0) is 13.4. The summed E-state index contributed by atoms with van der Waals surface area (Å²) in [6.07, 6.45) is 0.300. The van der Waals surface area contributed by atoms with Crippen molar-refractivity contribution in [1.29, 1.82) is 5.41 Å². The van der Waals surface area contributed by atoms with Gasteiger partial charge >= 0.3 is 0 Å².